The van der Waals surface area contributed by atoms with E-state index in [1.807, 2.05) is 0 Å². The molecular weight excluding hydrogens is 130 g/mol. The molecule has 0 spiro atoms. The largest absolute Gasteiger partial charge is 0.379 e. The Labute approximate surface area is 60.5 Å². The van der Waals surface area contributed by atoms with Crippen LogP contribution in [0, 0.1) is 17.2 Å². The summed E-state index contributed by atoms with van der Waals surface area (Å²) >= 11 is 0. The van der Waals surface area contributed by atoms with E-state index in [9.17, 15) is 0 Å². The number of hydrogen-bond acceptors (Lipinski definition) is 3. The molecule has 0 N–H and O–H groups in total. The van der Waals surface area contributed by atoms with Crippen LogP contribution in [0.3, 0.4) is 0 Å². The summed E-state index contributed by atoms with van der Waals surface area (Å²) in [5.74, 6) is 0.0266. The smallest absolute Gasteiger partial charge is 0.0963 e. The van der Waals surface area contributed by atoms with E-state index in [2.05, 4.69) is 6.07 Å². The zero-order chi connectivity index (χ0) is 7.40. The van der Waals surface area contributed by atoms with Crippen molar-refractivity contribution in [2.24, 2.45) is 5.92 Å². The Morgan fingerprint density at radius 1 is 1.70 bits per heavy atom. The van der Waals surface area contributed by atoms with Crippen molar-refractivity contribution in [2.75, 3.05) is 20.3 Å². The van der Waals surface area contributed by atoms with Crippen LogP contribution in [0.15, 0.2) is 0 Å². The highest BCUT2D eigenvalue weighted by Gasteiger charge is 2.24. The predicted molar refractivity (Wildman–Crippen MR) is 35.3 cm³/mol. The molecule has 10 heavy (non-hydrogen) atoms. The molecular formula is C7H11NO2. The third-order valence-electron chi connectivity index (χ3n) is 1.77. The van der Waals surface area contributed by atoms with Gasteiger partial charge >= 0.3 is 0 Å². The molecule has 0 aromatic rings. The van der Waals surface area contributed by atoms with Gasteiger partial charge in [-0.2, -0.15) is 5.26 Å². The minimum absolute atomic E-state index is 0.0150. The summed E-state index contributed by atoms with van der Waals surface area (Å²) in [6, 6.07) is 2.20. The van der Waals surface area contributed by atoms with Gasteiger partial charge in [-0.3, -0.25) is 0 Å². The van der Waals surface area contributed by atoms with Gasteiger partial charge in [0.2, 0.25) is 0 Å². The number of hydrogen-bond donors (Lipinski definition) is 0. The van der Waals surface area contributed by atoms with Gasteiger partial charge in [0.25, 0.3) is 0 Å². The first-order chi connectivity index (χ1) is 4.88. The maximum absolute atomic E-state index is 8.61. The highest BCUT2D eigenvalue weighted by atomic mass is 16.5. The second-order valence-electron chi connectivity index (χ2n) is 2.37. The Kier molecular flexibility index (Phi) is 2.67. The van der Waals surface area contributed by atoms with Crippen LogP contribution in [0.4, 0.5) is 0 Å². The van der Waals surface area contributed by atoms with E-state index in [4.69, 9.17) is 14.7 Å². The fourth-order valence-corrected chi connectivity index (χ4v) is 1.09. The highest BCUT2D eigenvalue weighted by molar-refractivity contribution is 4.90. The van der Waals surface area contributed by atoms with Crippen LogP contribution in [0.25, 0.3) is 0 Å². The van der Waals surface area contributed by atoms with E-state index in [0.717, 1.165) is 6.42 Å². The maximum Gasteiger partial charge on any atom is 0.0963 e. The SMILES string of the molecule is COC1COCCC1C#N. The van der Waals surface area contributed by atoms with Crippen LogP contribution in [0.5, 0.6) is 0 Å². The van der Waals surface area contributed by atoms with E-state index in [1.165, 1.54) is 0 Å². The van der Waals surface area contributed by atoms with Crippen molar-refractivity contribution in [1.29, 1.82) is 5.26 Å². The number of nitriles is 1. The molecule has 2 unspecified atom stereocenters. The van der Waals surface area contributed by atoms with Gasteiger partial charge in [-0.25, -0.2) is 0 Å². The molecule has 1 heterocycles. The van der Waals surface area contributed by atoms with Gasteiger partial charge in [0.15, 0.2) is 0 Å². The second-order valence-corrected chi connectivity index (χ2v) is 2.37. The predicted octanol–water partition coefficient (Wildman–Crippen LogP) is 0.561. The summed E-state index contributed by atoms with van der Waals surface area (Å²) in [7, 11) is 1.61. The fraction of sp³-hybridized carbons (Fsp3) is 0.857. The Balaban J connectivity index is 2.44. The van der Waals surface area contributed by atoms with Crippen LogP contribution in [0.2, 0.25) is 0 Å². The quantitative estimate of drug-likeness (QED) is 0.536. The van der Waals surface area contributed by atoms with Gasteiger partial charge in [-0.05, 0) is 6.42 Å². The van der Waals surface area contributed by atoms with E-state index < -0.39 is 0 Å². The van der Waals surface area contributed by atoms with Crippen LogP contribution in [0.1, 0.15) is 6.42 Å². The lowest BCUT2D eigenvalue weighted by molar-refractivity contribution is -0.0502. The molecule has 0 amide bonds. The van der Waals surface area contributed by atoms with Crippen LogP contribution < -0.4 is 0 Å². The summed E-state index contributed by atoms with van der Waals surface area (Å²) in [4.78, 5) is 0. The van der Waals surface area contributed by atoms with E-state index in [1.54, 1.807) is 7.11 Å². The fourth-order valence-electron chi connectivity index (χ4n) is 1.09. The first-order valence-electron chi connectivity index (χ1n) is 3.38. The van der Waals surface area contributed by atoms with E-state index in [0.29, 0.717) is 13.2 Å². The third-order valence-corrected chi connectivity index (χ3v) is 1.77. The first-order valence-corrected chi connectivity index (χ1v) is 3.38. The van der Waals surface area contributed by atoms with Crippen molar-refractivity contribution in [2.45, 2.75) is 12.5 Å². The molecule has 1 aliphatic rings. The van der Waals surface area contributed by atoms with Crippen molar-refractivity contribution < 1.29 is 9.47 Å². The number of methoxy groups -OCH3 is 1. The standard InChI is InChI=1S/C7H11NO2/c1-9-7-5-10-3-2-6(7)4-8/h6-7H,2-3,5H2,1H3. The molecule has 0 aromatic carbocycles. The van der Waals surface area contributed by atoms with Gasteiger partial charge in [0.05, 0.1) is 24.7 Å². The van der Waals surface area contributed by atoms with Gasteiger partial charge in [-0.1, -0.05) is 0 Å². The molecule has 1 fully saturated rings. The molecule has 1 saturated heterocycles. The van der Waals surface area contributed by atoms with Gasteiger partial charge in [-0.15, -0.1) is 0 Å². The second kappa shape index (κ2) is 3.55. The van der Waals surface area contributed by atoms with Crippen molar-refractivity contribution in [3.8, 4) is 6.07 Å². The van der Waals surface area contributed by atoms with E-state index in [-0.39, 0.29) is 12.0 Å². The van der Waals surface area contributed by atoms with Crippen molar-refractivity contribution in [3.05, 3.63) is 0 Å². The monoisotopic (exact) mass is 141 g/mol. The zero-order valence-electron chi connectivity index (χ0n) is 6.04. The summed E-state index contributed by atoms with van der Waals surface area (Å²) in [6.45, 7) is 1.26. The van der Waals surface area contributed by atoms with Crippen molar-refractivity contribution in [3.63, 3.8) is 0 Å². The van der Waals surface area contributed by atoms with Crippen molar-refractivity contribution >= 4 is 0 Å². The number of ether oxygens (including phenoxy) is 2. The number of nitrogens with zero attached hydrogens (tertiary/aromatic N) is 1. The van der Waals surface area contributed by atoms with Gasteiger partial charge < -0.3 is 9.47 Å². The van der Waals surface area contributed by atoms with E-state index >= 15 is 0 Å². The summed E-state index contributed by atoms with van der Waals surface area (Å²) in [5, 5.41) is 8.61. The minimum Gasteiger partial charge on any atom is -0.379 e. The zero-order valence-corrected chi connectivity index (χ0v) is 6.04. The molecule has 1 rings (SSSR count). The average Bonchev–Trinajstić information content (AvgIpc) is 2.04. The Hall–Kier alpha value is -0.590. The third kappa shape index (κ3) is 1.47. The molecule has 0 saturated carbocycles. The average molecular weight is 141 g/mol. The van der Waals surface area contributed by atoms with Crippen LogP contribution >= 0.6 is 0 Å². The lowest BCUT2D eigenvalue weighted by Gasteiger charge is -2.25. The molecule has 0 radical (unpaired) electrons. The van der Waals surface area contributed by atoms with Gasteiger partial charge in [0, 0.05) is 13.7 Å². The summed E-state index contributed by atoms with van der Waals surface area (Å²) < 4.78 is 10.2. The molecule has 56 valence electrons. The molecule has 3 heteroatoms. The molecule has 1 aliphatic heterocycles. The van der Waals surface area contributed by atoms with Crippen molar-refractivity contribution in [1.82, 2.24) is 0 Å². The van der Waals surface area contributed by atoms with Crippen LogP contribution in [-0.4, -0.2) is 26.4 Å². The summed E-state index contributed by atoms with van der Waals surface area (Å²) in [6.07, 6.45) is 0.786. The molecule has 0 aromatic heterocycles. The lowest BCUT2D eigenvalue weighted by atomic mass is 9.99. The lowest BCUT2D eigenvalue weighted by Crippen LogP contribution is -2.32. The molecule has 2 atom stereocenters. The maximum atomic E-state index is 8.61. The Morgan fingerprint density at radius 2 is 2.50 bits per heavy atom. The highest BCUT2D eigenvalue weighted by Crippen LogP contribution is 2.16. The molecule has 0 aliphatic carbocycles. The number of rotatable bonds is 1. The molecule has 3 nitrogen and oxygen atoms in total. The van der Waals surface area contributed by atoms with Gasteiger partial charge in [0.1, 0.15) is 0 Å². The Morgan fingerprint density at radius 3 is 3.00 bits per heavy atom. The summed E-state index contributed by atoms with van der Waals surface area (Å²) in [5.41, 5.74) is 0. The van der Waals surface area contributed by atoms with Crippen LogP contribution in [-0.2, 0) is 9.47 Å². The normalized spacial score (nSPS) is 33.2. The topological polar surface area (TPSA) is 42.2 Å². The minimum atomic E-state index is -0.0150. The first kappa shape index (κ1) is 7.52. The Bertz CT molecular complexity index is 141. The molecule has 0 bridgehead atoms.